The van der Waals surface area contributed by atoms with Crippen LogP contribution in [0.15, 0.2) is 42.5 Å². The van der Waals surface area contributed by atoms with Crippen molar-refractivity contribution in [2.24, 2.45) is 0 Å². The summed E-state index contributed by atoms with van der Waals surface area (Å²) in [7, 11) is 1.59. The summed E-state index contributed by atoms with van der Waals surface area (Å²) in [6.45, 7) is 0.241. The Kier molecular flexibility index (Phi) is 4.52. The molecule has 0 aliphatic carbocycles. The largest absolute Gasteiger partial charge is 0.497 e. The van der Waals surface area contributed by atoms with E-state index >= 15 is 0 Å². The molecule has 1 aliphatic heterocycles. The third kappa shape index (κ3) is 3.32. The van der Waals surface area contributed by atoms with Crippen molar-refractivity contribution < 1.29 is 18.3 Å². The minimum Gasteiger partial charge on any atom is -0.497 e. The van der Waals surface area contributed by atoms with Crippen molar-refractivity contribution in [3.63, 3.8) is 0 Å². The van der Waals surface area contributed by atoms with Crippen LogP contribution in [0.25, 0.3) is 0 Å². The molecule has 0 bridgehead atoms. The number of hydrogen-bond acceptors (Lipinski definition) is 3. The molecule has 0 spiro atoms. The second kappa shape index (κ2) is 6.58. The van der Waals surface area contributed by atoms with Gasteiger partial charge in [-0.25, -0.2) is 8.78 Å². The molecule has 0 N–H and O–H groups in total. The Morgan fingerprint density at radius 3 is 2.78 bits per heavy atom. The summed E-state index contributed by atoms with van der Waals surface area (Å²) in [5.74, 6) is -0.728. The Morgan fingerprint density at radius 1 is 1.22 bits per heavy atom. The van der Waals surface area contributed by atoms with Gasteiger partial charge in [0.05, 0.1) is 12.9 Å². The molecule has 1 amide bonds. The van der Waals surface area contributed by atoms with E-state index in [9.17, 15) is 13.6 Å². The molecule has 1 heterocycles. The average Bonchev–Trinajstić information content (AvgIpc) is 2.92. The number of carbonyl (C=O) groups is 1. The van der Waals surface area contributed by atoms with E-state index < -0.39 is 11.6 Å². The van der Waals surface area contributed by atoms with Gasteiger partial charge in [0.2, 0.25) is 5.91 Å². The molecule has 1 aliphatic rings. The van der Waals surface area contributed by atoms with E-state index in [4.69, 9.17) is 4.74 Å². The van der Waals surface area contributed by atoms with Gasteiger partial charge in [0.15, 0.2) is 11.6 Å². The number of rotatable bonds is 4. The van der Waals surface area contributed by atoms with Crippen molar-refractivity contribution in [2.75, 3.05) is 12.9 Å². The summed E-state index contributed by atoms with van der Waals surface area (Å²) in [4.78, 5) is 13.8. The fraction of sp³-hybridized carbons (Fsp3) is 0.235. The number of halogens is 2. The van der Waals surface area contributed by atoms with Gasteiger partial charge in [0.25, 0.3) is 0 Å². The molecule has 3 rings (SSSR count). The van der Waals surface area contributed by atoms with E-state index in [0.717, 1.165) is 23.4 Å². The van der Waals surface area contributed by atoms with Crippen molar-refractivity contribution in [2.45, 2.75) is 11.9 Å². The van der Waals surface area contributed by atoms with Crippen LogP contribution in [0.2, 0.25) is 0 Å². The molecule has 0 radical (unpaired) electrons. The maximum atomic E-state index is 13.4. The van der Waals surface area contributed by atoms with Gasteiger partial charge in [-0.15, -0.1) is 11.8 Å². The van der Waals surface area contributed by atoms with E-state index in [1.165, 1.54) is 17.8 Å². The maximum Gasteiger partial charge on any atom is 0.234 e. The van der Waals surface area contributed by atoms with E-state index in [1.54, 1.807) is 12.0 Å². The lowest BCUT2D eigenvalue weighted by Crippen LogP contribution is -2.27. The zero-order chi connectivity index (χ0) is 16.4. The standard InChI is InChI=1S/C17H15F2NO2S/c1-22-13-4-2-3-12(8-13)17-20(16(21)10-23-17)9-11-5-6-14(18)15(19)7-11/h2-8,17H,9-10H2,1H3. The first-order valence-corrected chi connectivity index (χ1v) is 8.12. The number of amides is 1. The van der Waals surface area contributed by atoms with Crippen molar-refractivity contribution >= 4 is 17.7 Å². The summed E-state index contributed by atoms with van der Waals surface area (Å²) in [5.41, 5.74) is 1.51. The van der Waals surface area contributed by atoms with Crippen LogP contribution in [-0.2, 0) is 11.3 Å². The highest BCUT2D eigenvalue weighted by atomic mass is 32.2. The molecule has 3 nitrogen and oxygen atoms in total. The Hall–Kier alpha value is -2.08. The third-order valence-electron chi connectivity index (χ3n) is 3.68. The number of ether oxygens (including phenoxy) is 1. The summed E-state index contributed by atoms with van der Waals surface area (Å²) in [6.07, 6.45) is 0. The van der Waals surface area contributed by atoms with Crippen LogP contribution < -0.4 is 4.74 Å². The number of benzene rings is 2. The van der Waals surface area contributed by atoms with E-state index in [1.807, 2.05) is 24.3 Å². The van der Waals surface area contributed by atoms with Crippen molar-refractivity contribution in [3.05, 3.63) is 65.2 Å². The first kappa shape index (κ1) is 15.8. The summed E-state index contributed by atoms with van der Waals surface area (Å²) < 4.78 is 31.6. The second-order valence-electron chi connectivity index (χ2n) is 5.21. The molecule has 6 heteroatoms. The quantitative estimate of drug-likeness (QED) is 0.852. The molecule has 1 atom stereocenters. The SMILES string of the molecule is COc1cccc(C2SCC(=O)N2Cc2ccc(F)c(F)c2)c1. The van der Waals surface area contributed by atoms with Gasteiger partial charge >= 0.3 is 0 Å². The minimum absolute atomic E-state index is 0.0208. The van der Waals surface area contributed by atoms with Crippen molar-refractivity contribution in [3.8, 4) is 5.75 Å². The molecule has 120 valence electrons. The number of carbonyl (C=O) groups excluding carboxylic acids is 1. The van der Waals surface area contributed by atoms with Crippen LogP contribution in [0.4, 0.5) is 8.78 Å². The third-order valence-corrected chi connectivity index (χ3v) is 4.94. The van der Waals surface area contributed by atoms with Crippen LogP contribution in [0.5, 0.6) is 5.75 Å². The first-order valence-electron chi connectivity index (χ1n) is 7.07. The summed E-state index contributed by atoms with van der Waals surface area (Å²) in [5, 5.41) is -0.161. The number of methoxy groups -OCH3 is 1. The zero-order valence-electron chi connectivity index (χ0n) is 12.5. The second-order valence-corrected chi connectivity index (χ2v) is 6.28. The van der Waals surface area contributed by atoms with Gasteiger partial charge in [-0.3, -0.25) is 4.79 Å². The Bertz CT molecular complexity index is 738. The molecule has 1 fully saturated rings. The van der Waals surface area contributed by atoms with Crippen LogP contribution in [0.1, 0.15) is 16.5 Å². The smallest absolute Gasteiger partial charge is 0.234 e. The lowest BCUT2D eigenvalue weighted by molar-refractivity contribution is -0.128. The Labute approximate surface area is 137 Å². The van der Waals surface area contributed by atoms with Gasteiger partial charge in [-0.1, -0.05) is 18.2 Å². The normalized spacial score (nSPS) is 17.6. The summed E-state index contributed by atoms with van der Waals surface area (Å²) >= 11 is 1.51. The molecule has 0 saturated carbocycles. The molecular formula is C17H15F2NO2S. The van der Waals surface area contributed by atoms with Gasteiger partial charge < -0.3 is 9.64 Å². The maximum absolute atomic E-state index is 13.4. The van der Waals surface area contributed by atoms with E-state index in [2.05, 4.69) is 0 Å². The number of hydrogen-bond donors (Lipinski definition) is 0. The molecule has 2 aromatic rings. The van der Waals surface area contributed by atoms with Gasteiger partial charge in [-0.05, 0) is 35.4 Å². The van der Waals surface area contributed by atoms with Crippen molar-refractivity contribution in [1.29, 1.82) is 0 Å². The average molecular weight is 335 g/mol. The molecule has 1 unspecified atom stereocenters. The van der Waals surface area contributed by atoms with Gasteiger partial charge in [-0.2, -0.15) is 0 Å². The topological polar surface area (TPSA) is 29.5 Å². The fourth-order valence-electron chi connectivity index (χ4n) is 2.53. The lowest BCUT2D eigenvalue weighted by Gasteiger charge is -2.24. The van der Waals surface area contributed by atoms with Gasteiger partial charge in [0.1, 0.15) is 11.1 Å². The minimum atomic E-state index is -0.903. The van der Waals surface area contributed by atoms with Crippen LogP contribution >= 0.6 is 11.8 Å². The summed E-state index contributed by atoms with van der Waals surface area (Å²) in [6, 6.07) is 11.2. The highest BCUT2D eigenvalue weighted by Crippen LogP contribution is 2.40. The highest BCUT2D eigenvalue weighted by molar-refractivity contribution is 8.00. The number of nitrogens with zero attached hydrogens (tertiary/aromatic N) is 1. The Balaban J connectivity index is 1.85. The van der Waals surface area contributed by atoms with Gasteiger partial charge in [0, 0.05) is 6.54 Å². The predicted molar refractivity (Wildman–Crippen MR) is 85.1 cm³/mol. The zero-order valence-corrected chi connectivity index (χ0v) is 13.3. The first-order chi connectivity index (χ1) is 11.1. The molecular weight excluding hydrogens is 320 g/mol. The van der Waals surface area contributed by atoms with Crippen LogP contribution in [-0.4, -0.2) is 23.7 Å². The van der Waals surface area contributed by atoms with E-state index in [-0.39, 0.29) is 17.8 Å². The predicted octanol–water partition coefficient (Wildman–Crippen LogP) is 3.75. The van der Waals surface area contributed by atoms with E-state index in [0.29, 0.717) is 11.3 Å². The van der Waals surface area contributed by atoms with Crippen LogP contribution in [0.3, 0.4) is 0 Å². The fourth-order valence-corrected chi connectivity index (χ4v) is 3.71. The lowest BCUT2D eigenvalue weighted by atomic mass is 10.1. The highest BCUT2D eigenvalue weighted by Gasteiger charge is 2.33. The monoisotopic (exact) mass is 335 g/mol. The molecule has 23 heavy (non-hydrogen) atoms. The number of thioether (sulfide) groups is 1. The molecule has 2 aromatic carbocycles. The Morgan fingerprint density at radius 2 is 2.04 bits per heavy atom. The van der Waals surface area contributed by atoms with Crippen LogP contribution in [0, 0.1) is 11.6 Å². The molecule has 1 saturated heterocycles. The van der Waals surface area contributed by atoms with Crippen molar-refractivity contribution in [1.82, 2.24) is 4.90 Å². The molecule has 0 aromatic heterocycles.